The summed E-state index contributed by atoms with van der Waals surface area (Å²) in [6.07, 6.45) is 1.57. The normalized spacial score (nSPS) is 10.4. The Morgan fingerprint density at radius 2 is 1.86 bits per heavy atom. The number of benzene rings is 1. The van der Waals surface area contributed by atoms with Crippen molar-refractivity contribution >= 4 is 0 Å². The Bertz CT molecular complexity index is 444. The lowest BCUT2D eigenvalue weighted by Gasteiger charge is -2.04. The zero-order valence-electron chi connectivity index (χ0n) is 7.69. The predicted octanol–water partition coefficient (Wildman–Crippen LogP) is 2.67. The number of phenolic OH excluding ortho intramolecular Hbond substituents is 2. The molecule has 0 aliphatic heterocycles. The van der Waals surface area contributed by atoms with Gasteiger partial charge < -0.3 is 14.6 Å². The quantitative estimate of drug-likeness (QED) is 0.679. The number of rotatable bonds is 1. The van der Waals surface area contributed by atoms with E-state index in [1.54, 1.807) is 18.4 Å². The zero-order valence-corrected chi connectivity index (χ0v) is 7.69. The van der Waals surface area contributed by atoms with E-state index in [4.69, 9.17) is 4.42 Å². The molecule has 3 heteroatoms. The van der Waals surface area contributed by atoms with Gasteiger partial charge in [0.25, 0.3) is 0 Å². The van der Waals surface area contributed by atoms with Crippen molar-refractivity contribution in [2.75, 3.05) is 0 Å². The summed E-state index contributed by atoms with van der Waals surface area (Å²) in [5.74, 6) is 0.428. The highest BCUT2D eigenvalue weighted by atomic mass is 16.3. The second-order valence-electron chi connectivity index (χ2n) is 3.13. The number of aryl methyl sites for hydroxylation is 1. The van der Waals surface area contributed by atoms with Crippen LogP contribution in [0, 0.1) is 6.92 Å². The van der Waals surface area contributed by atoms with Crippen molar-refractivity contribution in [3.63, 3.8) is 0 Å². The fourth-order valence-corrected chi connectivity index (χ4v) is 1.38. The van der Waals surface area contributed by atoms with Gasteiger partial charge in [0.05, 0.1) is 6.26 Å². The highest BCUT2D eigenvalue weighted by Gasteiger charge is 2.08. The molecule has 0 aliphatic rings. The van der Waals surface area contributed by atoms with Crippen molar-refractivity contribution < 1.29 is 14.6 Å². The number of aromatic hydroxyl groups is 2. The number of phenols is 2. The molecule has 0 fully saturated rings. The molecule has 0 unspecified atom stereocenters. The van der Waals surface area contributed by atoms with Gasteiger partial charge in [-0.2, -0.15) is 0 Å². The van der Waals surface area contributed by atoms with Crippen molar-refractivity contribution in [1.82, 2.24) is 0 Å². The van der Waals surface area contributed by atoms with Gasteiger partial charge in [-0.3, -0.25) is 0 Å². The first kappa shape index (κ1) is 8.69. The first-order valence-corrected chi connectivity index (χ1v) is 4.25. The molecule has 3 nitrogen and oxygen atoms in total. The van der Waals surface area contributed by atoms with E-state index in [-0.39, 0.29) is 11.5 Å². The summed E-state index contributed by atoms with van der Waals surface area (Å²) in [6.45, 7) is 1.84. The lowest BCUT2D eigenvalue weighted by molar-refractivity contribution is 0.403. The van der Waals surface area contributed by atoms with Crippen LogP contribution in [0.4, 0.5) is 0 Å². The average molecular weight is 190 g/mol. The van der Waals surface area contributed by atoms with Crippen LogP contribution in [0.25, 0.3) is 11.3 Å². The summed E-state index contributed by atoms with van der Waals surface area (Å²) in [6, 6.07) is 6.58. The summed E-state index contributed by atoms with van der Waals surface area (Å²) >= 11 is 0. The van der Waals surface area contributed by atoms with E-state index in [0.29, 0.717) is 5.76 Å². The average Bonchev–Trinajstić information content (AvgIpc) is 2.64. The minimum absolute atomic E-state index is 0.113. The highest BCUT2D eigenvalue weighted by Crippen LogP contribution is 2.33. The predicted molar refractivity (Wildman–Crippen MR) is 52.2 cm³/mol. The van der Waals surface area contributed by atoms with Gasteiger partial charge >= 0.3 is 0 Å². The van der Waals surface area contributed by atoms with Crippen molar-refractivity contribution in [2.45, 2.75) is 6.92 Å². The van der Waals surface area contributed by atoms with Crippen molar-refractivity contribution in [1.29, 1.82) is 0 Å². The summed E-state index contributed by atoms with van der Waals surface area (Å²) in [5, 5.41) is 18.6. The van der Waals surface area contributed by atoms with Crippen LogP contribution in [0.5, 0.6) is 11.5 Å². The van der Waals surface area contributed by atoms with Crippen LogP contribution >= 0.6 is 0 Å². The third-order valence-corrected chi connectivity index (χ3v) is 2.11. The van der Waals surface area contributed by atoms with Gasteiger partial charge in [0.15, 0.2) is 11.5 Å². The lowest BCUT2D eigenvalue weighted by atomic mass is 10.1. The summed E-state index contributed by atoms with van der Waals surface area (Å²) in [7, 11) is 0. The molecule has 0 saturated heterocycles. The number of hydrogen-bond donors (Lipinski definition) is 2. The molecule has 0 saturated carbocycles. The van der Waals surface area contributed by atoms with Crippen LogP contribution in [-0.2, 0) is 0 Å². The second-order valence-corrected chi connectivity index (χ2v) is 3.13. The molecule has 0 aliphatic carbocycles. The summed E-state index contributed by atoms with van der Waals surface area (Å²) < 4.78 is 5.20. The van der Waals surface area contributed by atoms with Crippen molar-refractivity contribution in [2.24, 2.45) is 0 Å². The van der Waals surface area contributed by atoms with E-state index in [1.807, 2.05) is 6.92 Å². The Kier molecular flexibility index (Phi) is 1.93. The van der Waals surface area contributed by atoms with E-state index in [0.717, 1.165) is 11.1 Å². The van der Waals surface area contributed by atoms with Gasteiger partial charge in [-0.15, -0.1) is 0 Å². The number of furan rings is 1. The Morgan fingerprint density at radius 3 is 2.50 bits per heavy atom. The third-order valence-electron chi connectivity index (χ3n) is 2.11. The van der Waals surface area contributed by atoms with Gasteiger partial charge in [-0.05, 0) is 36.8 Å². The van der Waals surface area contributed by atoms with Crippen LogP contribution in [-0.4, -0.2) is 10.2 Å². The lowest BCUT2D eigenvalue weighted by Crippen LogP contribution is -1.81. The third kappa shape index (κ3) is 1.33. The van der Waals surface area contributed by atoms with E-state index in [1.165, 1.54) is 12.1 Å². The summed E-state index contributed by atoms with van der Waals surface area (Å²) in [4.78, 5) is 0. The number of hydrogen-bond acceptors (Lipinski definition) is 3. The standard InChI is InChI=1S/C11H10O3/c1-7-5-9(12)10(13)6-8(7)11-3-2-4-14-11/h2-6,12-13H,1H3. The molecule has 2 rings (SSSR count). The Balaban J connectivity index is 2.60. The highest BCUT2D eigenvalue weighted by molar-refractivity contribution is 5.66. The Labute approximate surface area is 81.2 Å². The summed E-state index contributed by atoms with van der Waals surface area (Å²) in [5.41, 5.74) is 1.64. The molecule has 1 aromatic carbocycles. The maximum Gasteiger partial charge on any atom is 0.158 e. The first-order chi connectivity index (χ1) is 6.68. The van der Waals surface area contributed by atoms with Gasteiger partial charge in [0.1, 0.15) is 5.76 Å². The zero-order chi connectivity index (χ0) is 10.1. The van der Waals surface area contributed by atoms with Crippen molar-refractivity contribution in [3.05, 3.63) is 36.1 Å². The first-order valence-electron chi connectivity index (χ1n) is 4.25. The fraction of sp³-hybridized carbons (Fsp3) is 0.0909. The van der Waals surface area contributed by atoms with Crippen LogP contribution in [0.3, 0.4) is 0 Å². The molecule has 0 bridgehead atoms. The molecule has 0 atom stereocenters. The Morgan fingerprint density at radius 1 is 1.14 bits per heavy atom. The second kappa shape index (κ2) is 3.10. The Hall–Kier alpha value is -1.90. The van der Waals surface area contributed by atoms with Gasteiger partial charge in [-0.1, -0.05) is 0 Å². The van der Waals surface area contributed by atoms with Crippen LogP contribution in [0.2, 0.25) is 0 Å². The fourth-order valence-electron chi connectivity index (χ4n) is 1.38. The van der Waals surface area contributed by atoms with E-state index in [9.17, 15) is 10.2 Å². The van der Waals surface area contributed by atoms with Crippen LogP contribution in [0.15, 0.2) is 34.9 Å². The molecule has 0 amide bonds. The minimum atomic E-state index is -0.137. The molecule has 14 heavy (non-hydrogen) atoms. The smallest absolute Gasteiger partial charge is 0.158 e. The van der Waals surface area contributed by atoms with E-state index < -0.39 is 0 Å². The van der Waals surface area contributed by atoms with Gasteiger partial charge in [0, 0.05) is 5.56 Å². The largest absolute Gasteiger partial charge is 0.504 e. The van der Waals surface area contributed by atoms with Gasteiger partial charge in [-0.25, -0.2) is 0 Å². The SMILES string of the molecule is Cc1cc(O)c(O)cc1-c1ccco1. The van der Waals surface area contributed by atoms with Crippen LogP contribution < -0.4 is 0 Å². The molecule has 72 valence electrons. The molecule has 2 aromatic rings. The maximum atomic E-state index is 9.33. The van der Waals surface area contributed by atoms with Crippen molar-refractivity contribution in [3.8, 4) is 22.8 Å². The molecule has 0 radical (unpaired) electrons. The van der Waals surface area contributed by atoms with Crippen LogP contribution in [0.1, 0.15) is 5.56 Å². The molecular weight excluding hydrogens is 180 g/mol. The van der Waals surface area contributed by atoms with E-state index in [2.05, 4.69) is 0 Å². The minimum Gasteiger partial charge on any atom is -0.504 e. The molecular formula is C11H10O3. The monoisotopic (exact) mass is 190 g/mol. The van der Waals surface area contributed by atoms with E-state index >= 15 is 0 Å². The topological polar surface area (TPSA) is 53.6 Å². The molecule has 1 heterocycles. The van der Waals surface area contributed by atoms with Gasteiger partial charge in [0.2, 0.25) is 0 Å². The molecule has 2 N–H and O–H groups in total. The maximum absolute atomic E-state index is 9.33. The molecule has 0 spiro atoms. The molecule has 1 aromatic heterocycles.